The molecule has 2 fully saturated rings. The van der Waals surface area contributed by atoms with Crippen LogP contribution in [0.15, 0.2) is 35.2 Å². The van der Waals surface area contributed by atoms with Gasteiger partial charge in [0.2, 0.25) is 5.95 Å². The van der Waals surface area contributed by atoms with Crippen LogP contribution in [-0.2, 0) is 10.8 Å². The van der Waals surface area contributed by atoms with Gasteiger partial charge in [0, 0.05) is 29.3 Å². The summed E-state index contributed by atoms with van der Waals surface area (Å²) in [6.07, 6.45) is 7.01. The van der Waals surface area contributed by atoms with E-state index in [0.29, 0.717) is 17.7 Å². The van der Waals surface area contributed by atoms with Gasteiger partial charge < -0.3 is 15.3 Å². The van der Waals surface area contributed by atoms with Crippen molar-refractivity contribution in [2.24, 2.45) is 0 Å². The van der Waals surface area contributed by atoms with Gasteiger partial charge in [-0.1, -0.05) is 29.8 Å². The van der Waals surface area contributed by atoms with Crippen LogP contribution in [0.3, 0.4) is 0 Å². The average molecular weight is 457 g/mol. The summed E-state index contributed by atoms with van der Waals surface area (Å²) in [5.41, 5.74) is 3.13. The van der Waals surface area contributed by atoms with Crippen LogP contribution in [0.4, 0.5) is 11.8 Å². The third kappa shape index (κ3) is 3.29. The highest BCUT2D eigenvalue weighted by atomic mass is 35.5. The van der Waals surface area contributed by atoms with Crippen molar-refractivity contribution >= 4 is 39.7 Å². The standard InChI is InChI=1S/C23H25ClN4O2S/c24-16-4-2-14(3-5-16)15-6-10-28(11-7-15)22-25-19-17-12-18(17)31(30)20(19)21(26-22)27-23(13-29)8-1-9-23/h2-6,17-18,29H,1,7-13H2,(H,25,26,27). The Balaban J connectivity index is 1.31. The molecule has 4 aliphatic rings. The predicted molar refractivity (Wildman–Crippen MR) is 123 cm³/mol. The SMILES string of the molecule is O=S1c2c(NC3(CO)CCC3)nc(N3CC=C(c4ccc(Cl)cc4)CC3)nc2C2CC21. The molecule has 8 heteroatoms. The number of nitrogens with one attached hydrogen (secondary N) is 1. The van der Waals surface area contributed by atoms with Gasteiger partial charge in [-0.05, 0) is 55.4 Å². The highest BCUT2D eigenvalue weighted by Crippen LogP contribution is 2.56. The molecule has 162 valence electrons. The molecule has 3 atom stereocenters. The van der Waals surface area contributed by atoms with E-state index in [4.69, 9.17) is 21.6 Å². The van der Waals surface area contributed by atoms with Crippen molar-refractivity contribution in [1.29, 1.82) is 0 Å². The third-order valence-corrected chi connectivity index (χ3v) is 9.27. The lowest BCUT2D eigenvalue weighted by Gasteiger charge is -2.42. The number of halogens is 1. The molecule has 0 saturated heterocycles. The molecule has 3 unspecified atom stereocenters. The van der Waals surface area contributed by atoms with Crippen molar-refractivity contribution in [3.05, 3.63) is 46.6 Å². The van der Waals surface area contributed by atoms with Gasteiger partial charge in [0.15, 0.2) is 0 Å². The van der Waals surface area contributed by atoms with E-state index >= 15 is 0 Å². The molecule has 2 aliphatic heterocycles. The molecule has 2 saturated carbocycles. The average Bonchev–Trinajstić information content (AvgIpc) is 3.52. The minimum Gasteiger partial charge on any atom is -0.394 e. The van der Waals surface area contributed by atoms with Crippen LogP contribution in [-0.4, -0.2) is 49.8 Å². The first kappa shape index (κ1) is 19.7. The maximum atomic E-state index is 12.9. The Kier molecular flexibility index (Phi) is 4.63. The van der Waals surface area contributed by atoms with Crippen LogP contribution in [0.2, 0.25) is 5.02 Å². The second-order valence-electron chi connectivity index (χ2n) is 9.11. The van der Waals surface area contributed by atoms with Crippen molar-refractivity contribution < 1.29 is 9.32 Å². The number of aliphatic hydroxyl groups excluding tert-OH is 1. The zero-order valence-electron chi connectivity index (χ0n) is 17.2. The highest BCUT2D eigenvalue weighted by Gasteiger charge is 2.54. The van der Waals surface area contributed by atoms with E-state index in [1.54, 1.807) is 0 Å². The largest absolute Gasteiger partial charge is 0.394 e. The van der Waals surface area contributed by atoms with Crippen molar-refractivity contribution in [3.63, 3.8) is 0 Å². The first-order chi connectivity index (χ1) is 15.1. The Morgan fingerprint density at radius 2 is 2.06 bits per heavy atom. The number of benzene rings is 1. The summed E-state index contributed by atoms with van der Waals surface area (Å²) in [4.78, 5) is 12.7. The maximum absolute atomic E-state index is 12.9. The van der Waals surface area contributed by atoms with Gasteiger partial charge in [-0.15, -0.1) is 0 Å². The Labute approximate surface area is 189 Å². The molecule has 1 aromatic carbocycles. The maximum Gasteiger partial charge on any atom is 0.227 e. The fourth-order valence-corrected chi connectivity index (χ4v) is 6.86. The lowest BCUT2D eigenvalue weighted by molar-refractivity contribution is 0.143. The van der Waals surface area contributed by atoms with E-state index in [-0.39, 0.29) is 17.4 Å². The summed E-state index contributed by atoms with van der Waals surface area (Å²) in [6, 6.07) is 7.98. The number of hydrogen-bond donors (Lipinski definition) is 2. The van der Waals surface area contributed by atoms with Crippen LogP contribution in [0, 0.1) is 0 Å². The van der Waals surface area contributed by atoms with E-state index in [2.05, 4.69) is 28.4 Å². The fraction of sp³-hybridized carbons (Fsp3) is 0.478. The second kappa shape index (κ2) is 7.29. The van der Waals surface area contributed by atoms with Crippen molar-refractivity contribution in [2.45, 2.75) is 53.7 Å². The highest BCUT2D eigenvalue weighted by molar-refractivity contribution is 7.86. The Bertz CT molecular complexity index is 1090. The smallest absolute Gasteiger partial charge is 0.227 e. The summed E-state index contributed by atoms with van der Waals surface area (Å²) in [7, 11) is -1.05. The molecule has 0 amide bonds. The van der Waals surface area contributed by atoms with Crippen LogP contribution < -0.4 is 10.2 Å². The van der Waals surface area contributed by atoms with Crippen molar-refractivity contribution in [3.8, 4) is 0 Å². The quantitative estimate of drug-likeness (QED) is 0.713. The first-order valence-electron chi connectivity index (χ1n) is 11.0. The summed E-state index contributed by atoms with van der Waals surface area (Å²) < 4.78 is 12.9. The first-order valence-corrected chi connectivity index (χ1v) is 12.6. The minimum atomic E-state index is -1.05. The van der Waals surface area contributed by atoms with E-state index in [1.165, 1.54) is 11.1 Å². The normalized spacial score (nSPS) is 27.7. The topological polar surface area (TPSA) is 78.3 Å². The number of nitrogens with zero attached hydrogens (tertiary/aromatic N) is 3. The second-order valence-corrected chi connectivity index (χ2v) is 11.2. The van der Waals surface area contributed by atoms with Crippen LogP contribution >= 0.6 is 11.6 Å². The molecular formula is C23H25ClN4O2S. The van der Waals surface area contributed by atoms with Crippen LogP contribution in [0.1, 0.15) is 49.3 Å². The molecule has 1 aromatic heterocycles. The van der Waals surface area contributed by atoms with Gasteiger partial charge in [0.05, 0.1) is 28.6 Å². The number of hydrogen-bond acceptors (Lipinski definition) is 6. The van der Waals surface area contributed by atoms with Gasteiger partial charge in [-0.25, -0.2) is 4.98 Å². The van der Waals surface area contributed by atoms with Gasteiger partial charge in [0.25, 0.3) is 0 Å². The molecule has 2 aliphatic carbocycles. The van der Waals surface area contributed by atoms with Crippen molar-refractivity contribution in [2.75, 3.05) is 29.9 Å². The molecule has 6 nitrogen and oxygen atoms in total. The Hall–Kier alpha value is -1.96. The monoisotopic (exact) mass is 456 g/mol. The lowest BCUT2D eigenvalue weighted by atomic mass is 9.77. The van der Waals surface area contributed by atoms with Gasteiger partial charge >= 0.3 is 0 Å². The van der Waals surface area contributed by atoms with E-state index < -0.39 is 10.8 Å². The molecule has 3 heterocycles. The van der Waals surface area contributed by atoms with Gasteiger partial charge in [-0.2, -0.15) is 4.98 Å². The molecule has 2 N–H and O–H groups in total. The minimum absolute atomic E-state index is 0.0670. The zero-order valence-corrected chi connectivity index (χ0v) is 18.8. The number of anilines is 2. The summed E-state index contributed by atoms with van der Waals surface area (Å²) >= 11 is 6.02. The van der Waals surface area contributed by atoms with E-state index in [9.17, 15) is 9.32 Å². The van der Waals surface area contributed by atoms with Gasteiger partial charge in [0.1, 0.15) is 10.7 Å². The molecule has 0 radical (unpaired) electrons. The molecule has 2 aromatic rings. The number of fused-ring (bicyclic) bond motifs is 3. The van der Waals surface area contributed by atoms with Crippen LogP contribution in [0.25, 0.3) is 5.57 Å². The summed E-state index contributed by atoms with van der Waals surface area (Å²) in [5.74, 6) is 1.67. The summed E-state index contributed by atoms with van der Waals surface area (Å²) in [5, 5.41) is 14.4. The van der Waals surface area contributed by atoms with E-state index in [0.717, 1.165) is 60.8 Å². The zero-order chi connectivity index (χ0) is 21.2. The molecular weight excluding hydrogens is 432 g/mol. The molecule has 31 heavy (non-hydrogen) atoms. The predicted octanol–water partition coefficient (Wildman–Crippen LogP) is 3.73. The third-order valence-electron chi connectivity index (χ3n) is 7.14. The molecule has 6 rings (SSSR count). The molecule has 0 bridgehead atoms. The summed E-state index contributed by atoms with van der Waals surface area (Å²) in [6.45, 7) is 1.63. The lowest BCUT2D eigenvalue weighted by Crippen LogP contribution is -2.49. The fourth-order valence-electron chi connectivity index (χ4n) is 4.93. The Morgan fingerprint density at radius 1 is 1.26 bits per heavy atom. The Morgan fingerprint density at radius 3 is 2.71 bits per heavy atom. The van der Waals surface area contributed by atoms with Crippen LogP contribution in [0.5, 0.6) is 0 Å². The van der Waals surface area contributed by atoms with Crippen molar-refractivity contribution in [1.82, 2.24) is 9.97 Å². The molecule has 0 spiro atoms. The number of aliphatic hydroxyl groups is 1. The number of rotatable bonds is 5. The van der Waals surface area contributed by atoms with Gasteiger partial charge in [-0.3, -0.25) is 4.21 Å². The van der Waals surface area contributed by atoms with E-state index in [1.807, 2.05) is 12.1 Å². The number of aromatic nitrogens is 2.